The molecule has 3 fully saturated rings. The van der Waals surface area contributed by atoms with Gasteiger partial charge < -0.3 is 19.3 Å². The SMILES string of the molecule is CCCCCCCCCCCCCCCCOc1ccc(S(=O)(=O)c2cnc3ccc(OC(F)(F)F)cc3c2N2CCC(N3CCN(C4CCN(CC)CC4)CC3)CC2)cc1. The first-order chi connectivity index (χ1) is 29.6. The van der Waals surface area contributed by atoms with Crippen LogP contribution in [0, 0.1) is 0 Å². The van der Waals surface area contributed by atoms with Crippen molar-refractivity contribution >= 4 is 26.4 Å². The molecule has 61 heavy (non-hydrogen) atoms. The molecular formula is C48H72F3N5O4S. The monoisotopic (exact) mass is 872 g/mol. The Kier molecular flexibility index (Phi) is 18.3. The number of sulfone groups is 1. The first-order valence-corrected chi connectivity index (χ1v) is 25.2. The number of piperazine rings is 1. The Morgan fingerprint density at radius 2 is 1.16 bits per heavy atom. The zero-order valence-corrected chi connectivity index (χ0v) is 37.8. The topological polar surface area (TPSA) is 78.4 Å². The molecule has 4 heterocycles. The number of likely N-dealkylation sites (tertiary alicyclic amines) is 1. The van der Waals surface area contributed by atoms with Gasteiger partial charge in [0.15, 0.2) is 0 Å². The second-order valence-electron chi connectivity index (χ2n) is 17.6. The maximum absolute atomic E-state index is 14.4. The Morgan fingerprint density at radius 3 is 1.69 bits per heavy atom. The van der Waals surface area contributed by atoms with Crippen LogP contribution in [0.2, 0.25) is 0 Å². The summed E-state index contributed by atoms with van der Waals surface area (Å²) in [6.45, 7) is 13.8. The normalized spacial score (nSPS) is 18.3. The van der Waals surface area contributed by atoms with E-state index in [0.29, 0.717) is 54.1 Å². The fourth-order valence-corrected chi connectivity index (χ4v) is 11.1. The molecule has 3 saturated heterocycles. The van der Waals surface area contributed by atoms with Gasteiger partial charge in [0.1, 0.15) is 16.4 Å². The van der Waals surface area contributed by atoms with Crippen molar-refractivity contribution in [3.8, 4) is 11.5 Å². The Balaban J connectivity index is 1.04. The average Bonchev–Trinajstić information content (AvgIpc) is 3.27. The van der Waals surface area contributed by atoms with E-state index in [9.17, 15) is 21.6 Å². The fourth-order valence-electron chi connectivity index (χ4n) is 9.71. The van der Waals surface area contributed by atoms with Crippen molar-refractivity contribution < 1.29 is 31.1 Å². The molecule has 9 nitrogen and oxygen atoms in total. The van der Waals surface area contributed by atoms with E-state index in [1.54, 1.807) is 24.3 Å². The van der Waals surface area contributed by atoms with Gasteiger partial charge in [-0.1, -0.05) is 97.3 Å². The first-order valence-electron chi connectivity index (χ1n) is 23.7. The number of hydrogen-bond donors (Lipinski definition) is 0. The van der Waals surface area contributed by atoms with Crippen molar-refractivity contribution in [3.05, 3.63) is 48.7 Å². The van der Waals surface area contributed by atoms with Crippen LogP contribution in [0.5, 0.6) is 11.5 Å². The van der Waals surface area contributed by atoms with Gasteiger partial charge in [0.25, 0.3) is 0 Å². The largest absolute Gasteiger partial charge is 0.573 e. The lowest BCUT2D eigenvalue weighted by molar-refractivity contribution is -0.274. The van der Waals surface area contributed by atoms with Gasteiger partial charge in [-0.15, -0.1) is 13.2 Å². The Morgan fingerprint density at radius 1 is 0.656 bits per heavy atom. The highest BCUT2D eigenvalue weighted by Gasteiger charge is 2.35. The summed E-state index contributed by atoms with van der Waals surface area (Å²) in [6.07, 6.45) is 18.5. The van der Waals surface area contributed by atoms with Gasteiger partial charge >= 0.3 is 6.36 Å². The van der Waals surface area contributed by atoms with E-state index < -0.39 is 21.9 Å². The lowest BCUT2D eigenvalue weighted by Crippen LogP contribution is -2.56. The molecule has 0 atom stereocenters. The van der Waals surface area contributed by atoms with Crippen LogP contribution < -0.4 is 14.4 Å². The van der Waals surface area contributed by atoms with Crippen LogP contribution in [0.1, 0.15) is 129 Å². The van der Waals surface area contributed by atoms with Crippen molar-refractivity contribution in [2.75, 3.05) is 70.4 Å². The maximum Gasteiger partial charge on any atom is 0.573 e. The molecule has 1 aromatic heterocycles. The van der Waals surface area contributed by atoms with Crippen LogP contribution in [0.25, 0.3) is 10.9 Å². The second kappa shape index (κ2) is 23.5. The summed E-state index contributed by atoms with van der Waals surface area (Å²) in [6, 6.07) is 11.4. The van der Waals surface area contributed by atoms with Crippen molar-refractivity contribution in [1.82, 2.24) is 19.7 Å². The summed E-state index contributed by atoms with van der Waals surface area (Å²) in [5.74, 6) is 0.190. The number of piperidine rings is 2. The van der Waals surface area contributed by atoms with Gasteiger partial charge in [-0.2, -0.15) is 0 Å². The van der Waals surface area contributed by atoms with E-state index in [1.807, 2.05) is 4.90 Å². The van der Waals surface area contributed by atoms with Crippen molar-refractivity contribution in [1.29, 1.82) is 0 Å². The van der Waals surface area contributed by atoms with E-state index in [-0.39, 0.29) is 9.79 Å². The summed E-state index contributed by atoms with van der Waals surface area (Å²) < 4.78 is 79.3. The van der Waals surface area contributed by atoms with Crippen molar-refractivity contribution in [2.24, 2.45) is 0 Å². The average molecular weight is 872 g/mol. The number of ether oxygens (including phenoxy) is 2. The molecule has 0 spiro atoms. The third kappa shape index (κ3) is 13.9. The lowest BCUT2D eigenvalue weighted by atomic mass is 9.99. The minimum atomic E-state index is -4.89. The van der Waals surface area contributed by atoms with Gasteiger partial charge in [0.05, 0.1) is 22.7 Å². The van der Waals surface area contributed by atoms with Crippen LogP contribution in [-0.2, 0) is 9.84 Å². The third-order valence-corrected chi connectivity index (χ3v) is 15.1. The number of anilines is 1. The van der Waals surface area contributed by atoms with Crippen LogP contribution >= 0.6 is 0 Å². The summed E-state index contributed by atoms with van der Waals surface area (Å²) >= 11 is 0. The number of nitrogens with zero attached hydrogens (tertiary/aromatic N) is 5. The van der Waals surface area contributed by atoms with Gasteiger partial charge in [-0.05, 0) is 94.2 Å². The third-order valence-electron chi connectivity index (χ3n) is 13.4. The van der Waals surface area contributed by atoms with E-state index in [2.05, 4.69) is 38.3 Å². The van der Waals surface area contributed by atoms with Gasteiger partial charge in [0.2, 0.25) is 9.84 Å². The van der Waals surface area contributed by atoms with E-state index in [0.717, 1.165) is 58.4 Å². The molecule has 0 bridgehead atoms. The highest BCUT2D eigenvalue weighted by Crippen LogP contribution is 2.40. The number of halogens is 3. The highest BCUT2D eigenvalue weighted by atomic mass is 32.2. The predicted molar refractivity (Wildman–Crippen MR) is 240 cm³/mol. The van der Waals surface area contributed by atoms with E-state index >= 15 is 0 Å². The van der Waals surface area contributed by atoms with Gasteiger partial charge in [-0.3, -0.25) is 14.8 Å². The molecule has 6 rings (SSSR count). The highest BCUT2D eigenvalue weighted by molar-refractivity contribution is 7.91. The number of pyridine rings is 1. The Bertz CT molecular complexity index is 1860. The summed E-state index contributed by atoms with van der Waals surface area (Å²) in [5.41, 5.74) is 0.774. The van der Waals surface area contributed by atoms with E-state index in [1.165, 1.54) is 127 Å². The molecule has 0 aliphatic carbocycles. The number of benzene rings is 2. The Labute approximate surface area is 364 Å². The number of alkyl halides is 3. The zero-order chi connectivity index (χ0) is 43.1. The van der Waals surface area contributed by atoms with Gasteiger partial charge in [-0.25, -0.2) is 8.42 Å². The summed E-state index contributed by atoms with van der Waals surface area (Å²) in [4.78, 5) is 14.3. The van der Waals surface area contributed by atoms with Crippen LogP contribution in [0.15, 0.2) is 58.5 Å². The molecule has 3 aliphatic heterocycles. The van der Waals surface area contributed by atoms with E-state index in [4.69, 9.17) is 4.74 Å². The molecule has 3 aromatic rings. The Hall–Kier alpha value is -3.13. The lowest BCUT2D eigenvalue weighted by Gasteiger charge is -2.46. The van der Waals surface area contributed by atoms with Crippen LogP contribution in [0.3, 0.4) is 0 Å². The number of aromatic nitrogens is 1. The molecule has 13 heteroatoms. The smallest absolute Gasteiger partial charge is 0.494 e. The first kappa shape index (κ1) is 47.4. The molecule has 0 amide bonds. The predicted octanol–water partition coefficient (Wildman–Crippen LogP) is 10.9. The van der Waals surface area contributed by atoms with Crippen molar-refractivity contribution in [3.63, 3.8) is 0 Å². The quantitative estimate of drug-likeness (QED) is 0.0866. The summed E-state index contributed by atoms with van der Waals surface area (Å²) in [5, 5.41) is 0.317. The van der Waals surface area contributed by atoms with Crippen molar-refractivity contribution in [2.45, 2.75) is 158 Å². The standard InChI is InChI=1S/C48H72F3N5O4S/c1-3-5-6-7-8-9-10-11-12-13-14-15-16-17-36-59-41-18-21-43(22-19-41)61(57,58)46-38-52-45-23-20-42(60-48(49,50)51)37-44(45)47(46)56-30-26-40(27-31-56)55-34-32-54(33-35-55)39-24-28-53(4-2)29-25-39/h18-23,37-40H,3-17,24-36H2,1-2H3. The molecule has 340 valence electrons. The maximum atomic E-state index is 14.4. The number of unbranched alkanes of at least 4 members (excludes halogenated alkanes) is 13. The van der Waals surface area contributed by atoms with Crippen LogP contribution in [0.4, 0.5) is 18.9 Å². The minimum Gasteiger partial charge on any atom is -0.494 e. The summed E-state index contributed by atoms with van der Waals surface area (Å²) in [7, 11) is -4.12. The molecule has 0 unspecified atom stereocenters. The number of fused-ring (bicyclic) bond motifs is 1. The number of rotatable bonds is 23. The molecule has 0 N–H and O–H groups in total. The molecule has 0 radical (unpaired) electrons. The zero-order valence-electron chi connectivity index (χ0n) is 37.0. The second-order valence-corrected chi connectivity index (χ2v) is 19.5. The molecule has 2 aromatic carbocycles. The van der Waals surface area contributed by atoms with Crippen LogP contribution in [-0.4, -0.2) is 112 Å². The molecule has 0 saturated carbocycles. The van der Waals surface area contributed by atoms with Gasteiger partial charge in [0, 0.05) is 62.9 Å². The number of hydrogen-bond acceptors (Lipinski definition) is 9. The fraction of sp³-hybridized carbons (Fsp3) is 0.688. The molecular weight excluding hydrogens is 800 g/mol. The minimum absolute atomic E-state index is 0.0265. The molecule has 3 aliphatic rings.